The zero-order chi connectivity index (χ0) is 14.8. The molecule has 20 heavy (non-hydrogen) atoms. The van der Waals surface area contributed by atoms with Crippen LogP contribution in [0, 0.1) is 6.92 Å². The van der Waals surface area contributed by atoms with Gasteiger partial charge in [-0.1, -0.05) is 0 Å². The van der Waals surface area contributed by atoms with Gasteiger partial charge in [0.1, 0.15) is 17.3 Å². The van der Waals surface area contributed by atoms with Gasteiger partial charge in [-0.05, 0) is 27.7 Å². The van der Waals surface area contributed by atoms with Crippen LogP contribution in [0.25, 0.3) is 0 Å². The standard InChI is InChI=1S/C14H22N4O2/c1-10-15-11(9-12(16-10)17-14(2,3)4)13(19)18-5-7-20-8-6-18/h9H,5-8H2,1-4H3,(H,15,16,17). The van der Waals surface area contributed by atoms with Crippen LogP contribution < -0.4 is 5.32 Å². The molecule has 0 aromatic carbocycles. The van der Waals surface area contributed by atoms with Crippen LogP contribution in [0.2, 0.25) is 0 Å². The van der Waals surface area contributed by atoms with Crippen LogP contribution in [-0.4, -0.2) is 52.6 Å². The molecule has 1 aliphatic heterocycles. The number of aryl methyl sites for hydroxylation is 1. The normalized spacial score (nSPS) is 16.1. The fourth-order valence-electron chi connectivity index (χ4n) is 2.05. The predicted molar refractivity (Wildman–Crippen MR) is 76.9 cm³/mol. The van der Waals surface area contributed by atoms with Crippen molar-refractivity contribution in [2.45, 2.75) is 33.2 Å². The Morgan fingerprint density at radius 3 is 2.55 bits per heavy atom. The molecule has 1 aromatic heterocycles. The Kier molecular flexibility index (Phi) is 4.23. The van der Waals surface area contributed by atoms with Crippen molar-refractivity contribution in [2.75, 3.05) is 31.6 Å². The third-order valence-corrected chi connectivity index (χ3v) is 2.86. The topological polar surface area (TPSA) is 67.4 Å². The minimum absolute atomic E-state index is 0.0595. The van der Waals surface area contributed by atoms with Crippen molar-refractivity contribution in [3.05, 3.63) is 17.6 Å². The van der Waals surface area contributed by atoms with Crippen molar-refractivity contribution in [2.24, 2.45) is 0 Å². The Morgan fingerprint density at radius 2 is 1.95 bits per heavy atom. The zero-order valence-corrected chi connectivity index (χ0v) is 12.6. The average Bonchev–Trinajstić information content (AvgIpc) is 2.36. The zero-order valence-electron chi connectivity index (χ0n) is 12.6. The van der Waals surface area contributed by atoms with E-state index in [1.54, 1.807) is 17.9 Å². The molecule has 6 heteroatoms. The van der Waals surface area contributed by atoms with Crippen molar-refractivity contribution in [1.82, 2.24) is 14.9 Å². The molecule has 0 aliphatic carbocycles. The summed E-state index contributed by atoms with van der Waals surface area (Å²) in [5.74, 6) is 1.22. The maximum atomic E-state index is 12.4. The van der Waals surface area contributed by atoms with E-state index < -0.39 is 0 Å². The fraction of sp³-hybridized carbons (Fsp3) is 0.643. The summed E-state index contributed by atoms with van der Waals surface area (Å²) >= 11 is 0. The van der Waals surface area contributed by atoms with Crippen LogP contribution >= 0.6 is 0 Å². The van der Waals surface area contributed by atoms with Gasteiger partial charge in [-0.3, -0.25) is 4.79 Å². The molecule has 0 unspecified atom stereocenters. The van der Waals surface area contributed by atoms with Gasteiger partial charge in [-0.25, -0.2) is 9.97 Å². The summed E-state index contributed by atoms with van der Waals surface area (Å²) in [5.41, 5.74) is 0.325. The van der Waals surface area contributed by atoms with Gasteiger partial charge in [-0.2, -0.15) is 0 Å². The first-order valence-electron chi connectivity index (χ1n) is 6.86. The number of nitrogens with one attached hydrogen (secondary N) is 1. The Balaban J connectivity index is 2.20. The molecule has 6 nitrogen and oxygen atoms in total. The molecule has 1 amide bonds. The third-order valence-electron chi connectivity index (χ3n) is 2.86. The lowest BCUT2D eigenvalue weighted by Gasteiger charge is -2.27. The minimum Gasteiger partial charge on any atom is -0.378 e. The molecule has 1 aromatic rings. The van der Waals surface area contributed by atoms with Gasteiger partial charge < -0.3 is 15.0 Å². The number of morpholine rings is 1. The Labute approximate surface area is 119 Å². The van der Waals surface area contributed by atoms with E-state index in [2.05, 4.69) is 15.3 Å². The van der Waals surface area contributed by atoms with E-state index in [4.69, 9.17) is 4.74 Å². The Bertz CT molecular complexity index is 490. The highest BCUT2D eigenvalue weighted by Gasteiger charge is 2.21. The second-order valence-electron chi connectivity index (χ2n) is 5.97. The monoisotopic (exact) mass is 278 g/mol. The number of hydrogen-bond donors (Lipinski definition) is 1. The quantitative estimate of drug-likeness (QED) is 0.887. The molecule has 0 radical (unpaired) electrons. The SMILES string of the molecule is Cc1nc(NC(C)(C)C)cc(C(=O)N2CCOCC2)n1. The van der Waals surface area contributed by atoms with Crippen LogP contribution in [0.1, 0.15) is 37.1 Å². The van der Waals surface area contributed by atoms with E-state index in [0.717, 1.165) is 0 Å². The number of carbonyl (C=O) groups is 1. The maximum absolute atomic E-state index is 12.4. The molecule has 1 aliphatic rings. The summed E-state index contributed by atoms with van der Waals surface area (Å²) in [6.07, 6.45) is 0. The molecule has 0 spiro atoms. The second-order valence-corrected chi connectivity index (χ2v) is 5.97. The smallest absolute Gasteiger partial charge is 0.272 e. The fourth-order valence-corrected chi connectivity index (χ4v) is 2.05. The minimum atomic E-state index is -0.111. The van der Waals surface area contributed by atoms with Crippen molar-refractivity contribution >= 4 is 11.7 Å². The number of hydrogen-bond acceptors (Lipinski definition) is 5. The van der Waals surface area contributed by atoms with Crippen molar-refractivity contribution in [3.8, 4) is 0 Å². The first-order valence-corrected chi connectivity index (χ1v) is 6.86. The number of rotatable bonds is 2. The largest absolute Gasteiger partial charge is 0.378 e. The molecule has 2 rings (SSSR count). The van der Waals surface area contributed by atoms with Crippen LogP contribution in [-0.2, 0) is 4.74 Å². The van der Waals surface area contributed by atoms with Gasteiger partial charge in [0.15, 0.2) is 0 Å². The lowest BCUT2D eigenvalue weighted by molar-refractivity contribution is 0.0299. The van der Waals surface area contributed by atoms with E-state index in [0.29, 0.717) is 43.6 Å². The van der Waals surface area contributed by atoms with Gasteiger partial charge in [0.05, 0.1) is 13.2 Å². The van der Waals surface area contributed by atoms with Crippen LogP contribution in [0.4, 0.5) is 5.82 Å². The highest BCUT2D eigenvalue weighted by molar-refractivity contribution is 5.93. The number of nitrogens with zero attached hydrogens (tertiary/aromatic N) is 3. The molecule has 0 saturated carbocycles. The number of aromatic nitrogens is 2. The first kappa shape index (κ1) is 14.7. The van der Waals surface area contributed by atoms with E-state index in [1.165, 1.54) is 0 Å². The lowest BCUT2D eigenvalue weighted by Crippen LogP contribution is -2.41. The average molecular weight is 278 g/mol. The summed E-state index contributed by atoms with van der Waals surface area (Å²) in [4.78, 5) is 22.8. The molecule has 1 saturated heterocycles. The summed E-state index contributed by atoms with van der Waals surface area (Å²) in [6.45, 7) is 10.3. The van der Waals surface area contributed by atoms with Gasteiger partial charge in [0.2, 0.25) is 0 Å². The van der Waals surface area contributed by atoms with E-state index in [1.807, 2.05) is 20.8 Å². The highest BCUT2D eigenvalue weighted by atomic mass is 16.5. The van der Waals surface area contributed by atoms with Crippen LogP contribution in [0.15, 0.2) is 6.07 Å². The molecular weight excluding hydrogens is 256 g/mol. The first-order chi connectivity index (χ1) is 9.35. The summed E-state index contributed by atoms with van der Waals surface area (Å²) in [7, 11) is 0. The van der Waals surface area contributed by atoms with Crippen LogP contribution in [0.3, 0.4) is 0 Å². The second kappa shape index (κ2) is 5.75. The summed E-state index contributed by atoms with van der Waals surface area (Å²) in [5, 5.41) is 3.27. The van der Waals surface area contributed by atoms with Gasteiger partial charge in [0, 0.05) is 24.7 Å². The van der Waals surface area contributed by atoms with E-state index in [9.17, 15) is 4.79 Å². The molecule has 0 bridgehead atoms. The van der Waals surface area contributed by atoms with E-state index >= 15 is 0 Å². The number of ether oxygens (including phenoxy) is 1. The van der Waals surface area contributed by atoms with Crippen molar-refractivity contribution in [1.29, 1.82) is 0 Å². The molecule has 2 heterocycles. The van der Waals surface area contributed by atoms with Crippen LogP contribution in [0.5, 0.6) is 0 Å². The Hall–Kier alpha value is -1.69. The van der Waals surface area contributed by atoms with Crippen molar-refractivity contribution in [3.63, 3.8) is 0 Å². The third kappa shape index (κ3) is 3.90. The molecular formula is C14H22N4O2. The van der Waals surface area contributed by atoms with E-state index in [-0.39, 0.29) is 11.4 Å². The molecule has 1 fully saturated rings. The summed E-state index contributed by atoms with van der Waals surface area (Å²) in [6, 6.07) is 1.72. The number of carbonyl (C=O) groups excluding carboxylic acids is 1. The van der Waals surface area contributed by atoms with Gasteiger partial charge >= 0.3 is 0 Å². The number of anilines is 1. The maximum Gasteiger partial charge on any atom is 0.272 e. The number of amides is 1. The predicted octanol–water partition coefficient (Wildman–Crippen LogP) is 1.47. The van der Waals surface area contributed by atoms with Crippen molar-refractivity contribution < 1.29 is 9.53 Å². The molecule has 0 atom stereocenters. The Morgan fingerprint density at radius 1 is 1.30 bits per heavy atom. The van der Waals surface area contributed by atoms with Gasteiger partial charge in [-0.15, -0.1) is 0 Å². The molecule has 110 valence electrons. The molecule has 1 N–H and O–H groups in total. The summed E-state index contributed by atoms with van der Waals surface area (Å²) < 4.78 is 5.26. The lowest BCUT2D eigenvalue weighted by atomic mass is 10.1. The van der Waals surface area contributed by atoms with Gasteiger partial charge in [0.25, 0.3) is 5.91 Å². The highest BCUT2D eigenvalue weighted by Crippen LogP contribution is 2.15.